The maximum absolute atomic E-state index is 13.2. The van der Waals surface area contributed by atoms with Crippen molar-refractivity contribution in [1.82, 2.24) is 35.5 Å². The summed E-state index contributed by atoms with van der Waals surface area (Å²) in [5.41, 5.74) is 5.61. The minimum Gasteiger partial charge on any atom is -0.465 e. The molecule has 0 aliphatic heterocycles. The predicted molar refractivity (Wildman–Crippen MR) is 150 cm³/mol. The Bertz CT molecular complexity index is 1630. The maximum atomic E-state index is 13.2. The number of aromatic amines is 1. The minimum absolute atomic E-state index is 0.00950. The first-order valence-corrected chi connectivity index (χ1v) is 13.1. The number of benzene rings is 3. The first-order chi connectivity index (χ1) is 20.0. The van der Waals surface area contributed by atoms with E-state index in [0.29, 0.717) is 61.0 Å². The molecular formula is C28H28N8O5. The van der Waals surface area contributed by atoms with Crippen LogP contribution in [-0.2, 0) is 11.4 Å². The molecule has 0 fully saturated rings. The molecule has 0 bridgehead atoms. The number of hydrogen-bond donors (Lipinski definition) is 2. The van der Waals surface area contributed by atoms with E-state index in [9.17, 15) is 14.9 Å². The topological polar surface area (TPSA) is 163 Å². The molecule has 0 saturated heterocycles. The van der Waals surface area contributed by atoms with Gasteiger partial charge in [-0.1, -0.05) is 54.6 Å². The van der Waals surface area contributed by atoms with E-state index in [1.54, 1.807) is 12.1 Å². The van der Waals surface area contributed by atoms with Crippen molar-refractivity contribution in [2.45, 2.75) is 26.3 Å². The van der Waals surface area contributed by atoms with Gasteiger partial charge < -0.3 is 14.9 Å². The van der Waals surface area contributed by atoms with E-state index in [1.165, 1.54) is 0 Å². The molecule has 2 N–H and O–H groups in total. The first-order valence-electron chi connectivity index (χ1n) is 13.1. The van der Waals surface area contributed by atoms with Gasteiger partial charge in [-0.3, -0.25) is 9.36 Å². The molecule has 5 rings (SSSR count). The summed E-state index contributed by atoms with van der Waals surface area (Å²) in [6.07, 6.45) is 0.995. The van der Waals surface area contributed by atoms with E-state index in [0.717, 1.165) is 22.3 Å². The van der Waals surface area contributed by atoms with Gasteiger partial charge >= 0.3 is 0 Å². The molecule has 13 nitrogen and oxygen atoms in total. The van der Waals surface area contributed by atoms with Gasteiger partial charge in [0.15, 0.2) is 0 Å². The van der Waals surface area contributed by atoms with Crippen LogP contribution in [0, 0.1) is 10.1 Å². The van der Waals surface area contributed by atoms with Crippen LogP contribution >= 0.6 is 0 Å². The highest BCUT2D eigenvalue weighted by molar-refractivity contribution is 6.05. The van der Waals surface area contributed by atoms with Crippen LogP contribution in [0.5, 0.6) is 6.01 Å². The zero-order valence-corrected chi connectivity index (χ0v) is 22.3. The van der Waals surface area contributed by atoms with Crippen LogP contribution in [0.2, 0.25) is 0 Å². The lowest BCUT2D eigenvalue weighted by Crippen LogP contribution is -2.25. The molecule has 210 valence electrons. The number of para-hydroxylation sites is 1. The van der Waals surface area contributed by atoms with Gasteiger partial charge in [-0.15, -0.1) is 20.3 Å². The molecule has 0 radical (unpaired) electrons. The fraction of sp³-hybridized carbons (Fsp3) is 0.250. The van der Waals surface area contributed by atoms with E-state index >= 15 is 0 Å². The zero-order chi connectivity index (χ0) is 28.6. The molecule has 0 aliphatic rings. The normalized spacial score (nSPS) is 11.0. The number of fused-ring (bicyclic) bond motifs is 1. The molecule has 5 aromatic rings. The monoisotopic (exact) mass is 556 g/mol. The number of aromatic nitrogens is 6. The summed E-state index contributed by atoms with van der Waals surface area (Å²) >= 11 is 0. The van der Waals surface area contributed by atoms with Crippen LogP contribution in [0.1, 0.15) is 35.7 Å². The van der Waals surface area contributed by atoms with Crippen molar-refractivity contribution in [3.8, 4) is 28.5 Å². The molecular weight excluding hydrogens is 528 g/mol. The number of rotatable bonds is 13. The smallest absolute Gasteiger partial charge is 0.297 e. The fourth-order valence-electron chi connectivity index (χ4n) is 4.57. The SMILES string of the molecule is CCOc1nc2cccc(C(=O)NCCCCO[N+](=O)[O-])c2n1Cc1ccc(-c2ccccc2-c2nn[nH]n2)cc1. The van der Waals surface area contributed by atoms with Crippen molar-refractivity contribution in [3.63, 3.8) is 0 Å². The number of unbranched alkanes of at least 4 members (excludes halogenated alkanes) is 1. The van der Waals surface area contributed by atoms with Gasteiger partial charge in [-0.25, -0.2) is 0 Å². The first kappa shape index (κ1) is 27.2. The molecule has 41 heavy (non-hydrogen) atoms. The van der Waals surface area contributed by atoms with E-state index in [-0.39, 0.29) is 12.5 Å². The van der Waals surface area contributed by atoms with Crippen LogP contribution in [0.3, 0.4) is 0 Å². The third kappa shape index (κ3) is 6.30. The highest BCUT2D eigenvalue weighted by Crippen LogP contribution is 2.31. The van der Waals surface area contributed by atoms with Crippen LogP contribution in [0.4, 0.5) is 0 Å². The van der Waals surface area contributed by atoms with Gasteiger partial charge in [0.05, 0.1) is 36.4 Å². The Kier molecular flexibility index (Phi) is 8.43. The van der Waals surface area contributed by atoms with Crippen LogP contribution in [0.25, 0.3) is 33.5 Å². The molecule has 2 aromatic heterocycles. The highest BCUT2D eigenvalue weighted by Gasteiger charge is 2.19. The second-order valence-electron chi connectivity index (χ2n) is 9.08. The van der Waals surface area contributed by atoms with Crippen molar-refractivity contribution in [2.24, 2.45) is 0 Å². The number of tetrazole rings is 1. The lowest BCUT2D eigenvalue weighted by molar-refractivity contribution is -0.757. The van der Waals surface area contributed by atoms with Crippen molar-refractivity contribution < 1.29 is 19.5 Å². The Hall–Kier alpha value is -5.33. The second-order valence-corrected chi connectivity index (χ2v) is 9.08. The van der Waals surface area contributed by atoms with E-state index in [2.05, 4.69) is 35.8 Å². The lowest BCUT2D eigenvalue weighted by Gasteiger charge is -2.13. The molecule has 2 heterocycles. The average Bonchev–Trinajstić information content (AvgIpc) is 3.64. The number of hydrogen-bond acceptors (Lipinski definition) is 9. The quantitative estimate of drug-likeness (QED) is 0.124. The summed E-state index contributed by atoms with van der Waals surface area (Å²) in [6.45, 7) is 3.08. The number of ether oxygens (including phenoxy) is 1. The molecule has 0 unspecified atom stereocenters. The largest absolute Gasteiger partial charge is 0.465 e. The summed E-state index contributed by atoms with van der Waals surface area (Å²) in [6, 6.07) is 21.8. The minimum atomic E-state index is -0.820. The van der Waals surface area contributed by atoms with Crippen LogP contribution in [-0.4, -0.2) is 60.9 Å². The number of nitrogens with zero attached hydrogens (tertiary/aromatic N) is 6. The van der Waals surface area contributed by atoms with Gasteiger partial charge in [0.25, 0.3) is 17.0 Å². The van der Waals surface area contributed by atoms with E-state index in [1.807, 2.05) is 66.1 Å². The Balaban J connectivity index is 1.38. The molecule has 1 amide bonds. The van der Waals surface area contributed by atoms with Crippen LogP contribution in [0.15, 0.2) is 66.7 Å². The average molecular weight is 557 g/mol. The highest BCUT2D eigenvalue weighted by atomic mass is 16.9. The Labute approximate surface area is 234 Å². The summed E-state index contributed by atoms with van der Waals surface area (Å²) in [5, 5.41) is 26.8. The van der Waals surface area contributed by atoms with E-state index < -0.39 is 5.09 Å². The van der Waals surface area contributed by atoms with Crippen LogP contribution < -0.4 is 10.1 Å². The zero-order valence-electron chi connectivity index (χ0n) is 22.3. The van der Waals surface area contributed by atoms with Gasteiger partial charge in [0.2, 0.25) is 5.82 Å². The maximum Gasteiger partial charge on any atom is 0.297 e. The van der Waals surface area contributed by atoms with Crippen molar-refractivity contribution in [3.05, 3.63) is 88.0 Å². The summed E-state index contributed by atoms with van der Waals surface area (Å²) < 4.78 is 7.76. The summed E-state index contributed by atoms with van der Waals surface area (Å²) in [7, 11) is 0. The number of carbonyl (C=O) groups excluding carboxylic acids is 1. The molecule has 0 spiro atoms. The second kappa shape index (κ2) is 12.7. The van der Waals surface area contributed by atoms with Gasteiger partial charge in [0.1, 0.15) is 0 Å². The number of H-pyrrole nitrogens is 1. The number of amides is 1. The standard InChI is InChI=1S/C28H28N8O5/c1-2-40-28-30-24-11-7-10-23(27(37)29-16-5-6-17-41-36(38)39)25(24)35(28)18-19-12-14-20(15-13-19)21-8-3-4-9-22(21)26-31-33-34-32-26/h3-4,7-15H,2,5-6,16-18H2,1H3,(H,29,37)(H,31,32,33,34). The fourth-order valence-corrected chi connectivity index (χ4v) is 4.57. The van der Waals surface area contributed by atoms with Gasteiger partial charge in [-0.05, 0) is 53.8 Å². The molecule has 0 atom stereocenters. The Morgan fingerprint density at radius 3 is 2.59 bits per heavy atom. The van der Waals surface area contributed by atoms with E-state index in [4.69, 9.17) is 4.74 Å². The summed E-state index contributed by atoms with van der Waals surface area (Å²) in [5.74, 6) is 0.259. The summed E-state index contributed by atoms with van der Waals surface area (Å²) in [4.78, 5) is 32.4. The number of nitrogens with one attached hydrogen (secondary N) is 2. The molecule has 0 saturated carbocycles. The third-order valence-electron chi connectivity index (χ3n) is 6.42. The van der Waals surface area contributed by atoms with Crippen molar-refractivity contribution in [2.75, 3.05) is 19.8 Å². The third-order valence-corrected chi connectivity index (χ3v) is 6.42. The van der Waals surface area contributed by atoms with Gasteiger partial charge in [0, 0.05) is 12.1 Å². The van der Waals surface area contributed by atoms with Crippen molar-refractivity contribution >= 4 is 16.9 Å². The lowest BCUT2D eigenvalue weighted by atomic mass is 9.98. The Morgan fingerprint density at radius 2 is 1.85 bits per heavy atom. The molecule has 13 heteroatoms. The molecule has 3 aromatic carbocycles. The predicted octanol–water partition coefficient (Wildman–Crippen LogP) is 4.05. The van der Waals surface area contributed by atoms with Crippen molar-refractivity contribution in [1.29, 1.82) is 0 Å². The Morgan fingerprint density at radius 1 is 1.05 bits per heavy atom. The number of carbonyl (C=O) groups is 1. The van der Waals surface area contributed by atoms with Gasteiger partial charge in [-0.2, -0.15) is 10.2 Å². The molecule has 0 aliphatic carbocycles. The number of imidazole rings is 1.